The Morgan fingerprint density at radius 1 is 1.17 bits per heavy atom. The van der Waals surface area contributed by atoms with Crippen molar-refractivity contribution in [3.8, 4) is 11.4 Å². The maximum absolute atomic E-state index is 12.5. The number of aromatic nitrogens is 4. The van der Waals surface area contributed by atoms with Gasteiger partial charge in [-0.3, -0.25) is 14.9 Å². The van der Waals surface area contributed by atoms with Gasteiger partial charge in [0.15, 0.2) is 5.82 Å². The Balaban J connectivity index is 1.94. The molecule has 1 N–H and O–H groups in total. The predicted octanol–water partition coefficient (Wildman–Crippen LogP) is 3.10. The van der Waals surface area contributed by atoms with Crippen LogP contribution in [0.4, 0.5) is 0 Å². The van der Waals surface area contributed by atoms with Crippen molar-refractivity contribution in [3.63, 3.8) is 0 Å². The number of H-pyrrole nitrogens is 1. The zero-order valence-corrected chi connectivity index (χ0v) is 15.5. The minimum Gasteiger partial charge on any atom is -0.341 e. The number of amides is 1. The molecule has 0 aliphatic rings. The Hall–Kier alpha value is -1.89. The second-order valence-electron chi connectivity index (χ2n) is 6.58. The lowest BCUT2D eigenvalue weighted by Gasteiger charge is -2.26. The number of nitrogens with zero attached hydrogens (tertiary/aromatic N) is 4. The summed E-state index contributed by atoms with van der Waals surface area (Å²) in [6, 6.07) is 3.74. The van der Waals surface area contributed by atoms with Crippen molar-refractivity contribution in [1.29, 1.82) is 0 Å². The molecule has 0 saturated carbocycles. The van der Waals surface area contributed by atoms with Crippen LogP contribution in [0.5, 0.6) is 0 Å². The third-order valence-corrected chi connectivity index (χ3v) is 4.10. The Morgan fingerprint density at radius 2 is 1.79 bits per heavy atom. The lowest BCUT2D eigenvalue weighted by atomic mass is 10.1. The summed E-state index contributed by atoms with van der Waals surface area (Å²) in [4.78, 5) is 22.9. The van der Waals surface area contributed by atoms with Crippen LogP contribution in [0.15, 0.2) is 29.7 Å². The molecule has 0 bridgehead atoms. The summed E-state index contributed by atoms with van der Waals surface area (Å²) in [5.74, 6) is 2.10. The van der Waals surface area contributed by atoms with E-state index in [1.807, 2.05) is 17.0 Å². The van der Waals surface area contributed by atoms with Gasteiger partial charge in [0.05, 0.1) is 5.75 Å². The van der Waals surface area contributed by atoms with Crippen molar-refractivity contribution in [2.75, 3.05) is 18.8 Å². The van der Waals surface area contributed by atoms with Crippen molar-refractivity contribution in [2.24, 2.45) is 11.8 Å². The van der Waals surface area contributed by atoms with E-state index in [0.717, 1.165) is 18.7 Å². The first-order valence-electron chi connectivity index (χ1n) is 8.19. The molecule has 0 saturated heterocycles. The van der Waals surface area contributed by atoms with E-state index in [9.17, 15) is 4.79 Å². The summed E-state index contributed by atoms with van der Waals surface area (Å²) in [6.07, 6.45) is 3.42. The molecule has 0 spiro atoms. The molecule has 2 aromatic heterocycles. The molecular weight excluding hydrogens is 322 g/mol. The molecule has 130 valence electrons. The Morgan fingerprint density at radius 3 is 2.38 bits per heavy atom. The molecule has 0 unspecified atom stereocenters. The van der Waals surface area contributed by atoms with Crippen molar-refractivity contribution in [2.45, 2.75) is 32.9 Å². The molecule has 2 aromatic rings. The molecule has 0 aliphatic carbocycles. The van der Waals surface area contributed by atoms with E-state index >= 15 is 0 Å². The van der Waals surface area contributed by atoms with Crippen LogP contribution in [0.2, 0.25) is 0 Å². The van der Waals surface area contributed by atoms with Crippen LogP contribution in [0.25, 0.3) is 11.4 Å². The molecule has 1 amide bonds. The van der Waals surface area contributed by atoms with Gasteiger partial charge in [-0.05, 0) is 24.0 Å². The monoisotopic (exact) mass is 347 g/mol. The highest BCUT2D eigenvalue weighted by Crippen LogP contribution is 2.19. The molecule has 2 heterocycles. The van der Waals surface area contributed by atoms with E-state index in [-0.39, 0.29) is 5.91 Å². The zero-order chi connectivity index (χ0) is 17.5. The van der Waals surface area contributed by atoms with E-state index in [1.54, 1.807) is 12.4 Å². The summed E-state index contributed by atoms with van der Waals surface area (Å²) < 4.78 is 0. The van der Waals surface area contributed by atoms with Gasteiger partial charge in [0.2, 0.25) is 11.1 Å². The van der Waals surface area contributed by atoms with Crippen LogP contribution in [0, 0.1) is 11.8 Å². The molecular formula is C17H25N5OS. The number of nitrogens with one attached hydrogen (secondary N) is 1. The van der Waals surface area contributed by atoms with Gasteiger partial charge in [0, 0.05) is 31.0 Å². The first-order valence-corrected chi connectivity index (χ1v) is 9.17. The standard InChI is InChI=1S/C17H25N5OS/c1-12(2)9-22(10-13(3)4)15(23)11-24-17-19-16(20-21-17)14-5-7-18-8-6-14/h5-8,12-13H,9-11H2,1-4H3,(H,19,20,21). The third kappa shape index (κ3) is 5.63. The normalized spacial score (nSPS) is 11.2. The summed E-state index contributed by atoms with van der Waals surface area (Å²) in [5, 5.41) is 7.67. The first-order chi connectivity index (χ1) is 11.5. The first kappa shape index (κ1) is 18.4. The van der Waals surface area contributed by atoms with Crippen molar-refractivity contribution >= 4 is 17.7 Å². The van der Waals surface area contributed by atoms with Gasteiger partial charge in [-0.25, -0.2) is 4.98 Å². The highest BCUT2D eigenvalue weighted by atomic mass is 32.2. The molecule has 24 heavy (non-hydrogen) atoms. The van der Waals surface area contributed by atoms with E-state index in [0.29, 0.717) is 28.6 Å². The molecule has 0 aromatic carbocycles. The maximum atomic E-state index is 12.5. The Labute approximate surface area is 147 Å². The SMILES string of the molecule is CC(C)CN(CC(C)C)C(=O)CSc1n[nH]c(-c2ccncc2)n1. The van der Waals surface area contributed by atoms with Crippen LogP contribution >= 0.6 is 11.8 Å². The number of hydrogen-bond donors (Lipinski definition) is 1. The smallest absolute Gasteiger partial charge is 0.233 e. The topological polar surface area (TPSA) is 74.8 Å². The number of thioether (sulfide) groups is 1. The third-order valence-electron chi connectivity index (χ3n) is 3.27. The molecule has 0 aliphatic heterocycles. The van der Waals surface area contributed by atoms with E-state index in [1.165, 1.54) is 11.8 Å². The van der Waals surface area contributed by atoms with Crippen molar-refractivity contribution in [1.82, 2.24) is 25.1 Å². The molecule has 0 atom stereocenters. The largest absolute Gasteiger partial charge is 0.341 e. The van der Waals surface area contributed by atoms with Crippen molar-refractivity contribution < 1.29 is 4.79 Å². The van der Waals surface area contributed by atoms with Gasteiger partial charge in [-0.1, -0.05) is 39.5 Å². The summed E-state index contributed by atoms with van der Waals surface area (Å²) in [7, 11) is 0. The second-order valence-corrected chi connectivity index (χ2v) is 7.52. The number of aromatic amines is 1. The average Bonchev–Trinajstić information content (AvgIpc) is 3.01. The summed E-state index contributed by atoms with van der Waals surface area (Å²) in [5.41, 5.74) is 0.928. The predicted molar refractivity (Wildman–Crippen MR) is 96.6 cm³/mol. The van der Waals surface area contributed by atoms with Gasteiger partial charge >= 0.3 is 0 Å². The van der Waals surface area contributed by atoms with Gasteiger partial charge in [-0.2, -0.15) is 0 Å². The highest BCUT2D eigenvalue weighted by molar-refractivity contribution is 7.99. The second kappa shape index (κ2) is 8.82. The van der Waals surface area contributed by atoms with Gasteiger partial charge < -0.3 is 4.90 Å². The maximum Gasteiger partial charge on any atom is 0.233 e. The lowest BCUT2D eigenvalue weighted by Crippen LogP contribution is -2.38. The van der Waals surface area contributed by atoms with Crippen LogP contribution in [0.3, 0.4) is 0 Å². The van der Waals surface area contributed by atoms with E-state index in [2.05, 4.69) is 47.9 Å². The average molecular weight is 347 g/mol. The van der Waals surface area contributed by atoms with Gasteiger partial charge in [0.25, 0.3) is 0 Å². The van der Waals surface area contributed by atoms with Crippen molar-refractivity contribution in [3.05, 3.63) is 24.5 Å². The van der Waals surface area contributed by atoms with Gasteiger partial charge in [-0.15, -0.1) is 5.10 Å². The molecule has 0 radical (unpaired) electrons. The van der Waals surface area contributed by atoms with E-state index in [4.69, 9.17) is 0 Å². The van der Waals surface area contributed by atoms with Crippen LogP contribution < -0.4 is 0 Å². The molecule has 7 heteroatoms. The number of rotatable bonds is 8. The fraction of sp³-hybridized carbons (Fsp3) is 0.529. The zero-order valence-electron chi connectivity index (χ0n) is 14.7. The lowest BCUT2D eigenvalue weighted by molar-refractivity contribution is -0.129. The van der Waals surface area contributed by atoms with Crippen LogP contribution in [-0.2, 0) is 4.79 Å². The minimum atomic E-state index is 0.137. The summed E-state index contributed by atoms with van der Waals surface area (Å²) >= 11 is 1.37. The fourth-order valence-corrected chi connectivity index (χ4v) is 3.03. The molecule has 2 rings (SSSR count). The van der Waals surface area contributed by atoms with Gasteiger partial charge in [0.1, 0.15) is 0 Å². The number of pyridine rings is 1. The molecule has 6 nitrogen and oxygen atoms in total. The highest BCUT2D eigenvalue weighted by Gasteiger charge is 2.17. The quantitative estimate of drug-likeness (QED) is 0.743. The Bertz CT molecular complexity index is 631. The van der Waals surface area contributed by atoms with Crippen LogP contribution in [-0.4, -0.2) is 49.8 Å². The molecule has 0 fully saturated rings. The number of carbonyl (C=O) groups excluding carboxylic acids is 1. The summed E-state index contributed by atoms with van der Waals surface area (Å²) in [6.45, 7) is 10.1. The number of hydrogen-bond acceptors (Lipinski definition) is 5. The minimum absolute atomic E-state index is 0.137. The Kier molecular flexibility index (Phi) is 6.78. The fourth-order valence-electron chi connectivity index (χ4n) is 2.33. The number of carbonyl (C=O) groups is 1. The van der Waals surface area contributed by atoms with E-state index < -0.39 is 0 Å². The van der Waals surface area contributed by atoms with Crippen LogP contribution in [0.1, 0.15) is 27.7 Å².